The second kappa shape index (κ2) is 6.69. The van der Waals surface area contributed by atoms with Crippen LogP contribution in [0.1, 0.15) is 21.5 Å². The molecule has 1 aliphatic heterocycles. The van der Waals surface area contributed by atoms with Gasteiger partial charge in [-0.05, 0) is 36.8 Å². The summed E-state index contributed by atoms with van der Waals surface area (Å²) in [5, 5.41) is 13.9. The third kappa shape index (κ3) is 2.63. The fraction of sp³-hybridized carbons (Fsp3) is 0.0909. The number of carboxylic acid groups (broad SMARTS) is 1. The average Bonchev–Trinajstić information content (AvgIpc) is 2.70. The highest BCUT2D eigenvalue weighted by Crippen LogP contribution is 2.42. The Balaban J connectivity index is 2.04. The normalized spacial score (nSPS) is 18.4. The summed E-state index contributed by atoms with van der Waals surface area (Å²) in [6, 6.07) is 20.6. The molecule has 0 aromatic heterocycles. The third-order valence-corrected chi connectivity index (χ3v) is 5.33. The number of para-hydroxylation sites is 1. The van der Waals surface area contributed by atoms with Crippen molar-refractivity contribution in [3.8, 4) is 0 Å². The minimum Gasteiger partial charge on any atom is -0.478 e. The van der Waals surface area contributed by atoms with Crippen molar-refractivity contribution in [3.63, 3.8) is 0 Å². The van der Waals surface area contributed by atoms with Gasteiger partial charge < -0.3 is 10.4 Å². The van der Waals surface area contributed by atoms with Gasteiger partial charge in [0.25, 0.3) is 5.91 Å². The largest absolute Gasteiger partial charge is 0.478 e. The maximum absolute atomic E-state index is 13.5. The van der Waals surface area contributed by atoms with Gasteiger partial charge in [0.2, 0.25) is 5.66 Å². The van der Waals surface area contributed by atoms with Crippen LogP contribution in [0.2, 0.25) is 5.02 Å². The number of carbonyl (C=O) groups is 2. The first kappa shape index (κ1) is 18.1. The Hall–Kier alpha value is -3.31. The van der Waals surface area contributed by atoms with Gasteiger partial charge in [-0.2, -0.15) is 0 Å². The van der Waals surface area contributed by atoms with Crippen LogP contribution in [0.3, 0.4) is 0 Å². The van der Waals surface area contributed by atoms with Crippen molar-refractivity contribution >= 4 is 34.9 Å². The predicted octanol–water partition coefficient (Wildman–Crippen LogP) is 4.66. The van der Waals surface area contributed by atoms with Crippen LogP contribution in [0, 0.1) is 6.92 Å². The van der Waals surface area contributed by atoms with E-state index in [1.165, 1.54) is 4.90 Å². The maximum atomic E-state index is 13.5. The number of amides is 1. The van der Waals surface area contributed by atoms with Crippen molar-refractivity contribution < 1.29 is 14.7 Å². The summed E-state index contributed by atoms with van der Waals surface area (Å²) in [7, 11) is 0. The highest BCUT2D eigenvalue weighted by atomic mass is 35.5. The number of carboxylic acids is 1. The van der Waals surface area contributed by atoms with Crippen molar-refractivity contribution in [3.05, 3.63) is 94.5 Å². The molecule has 1 amide bonds. The summed E-state index contributed by atoms with van der Waals surface area (Å²) in [6.07, 6.45) is 0. The van der Waals surface area contributed by atoms with E-state index in [1.54, 1.807) is 72.8 Å². The summed E-state index contributed by atoms with van der Waals surface area (Å²) >= 11 is 6.29. The first-order chi connectivity index (χ1) is 13.4. The number of rotatable bonds is 3. The molecule has 4 rings (SSSR count). The molecular weight excluding hydrogens is 376 g/mol. The lowest BCUT2D eigenvalue weighted by Gasteiger charge is -2.45. The molecule has 0 aliphatic carbocycles. The standard InChI is InChI=1S/C22H17ClN2O3/c1-14-11-12-16(13-18(14)23)25-20(26)17-9-5-6-10-19(17)24-22(25,21(27)28)15-7-3-2-4-8-15/h2-13,24H,1H3,(H,27,28)/t22-/m0/s1. The smallest absolute Gasteiger partial charge is 0.356 e. The molecule has 0 radical (unpaired) electrons. The number of halogens is 1. The Labute approximate surface area is 167 Å². The molecule has 5 nitrogen and oxygen atoms in total. The van der Waals surface area contributed by atoms with Crippen LogP contribution < -0.4 is 10.2 Å². The Morgan fingerprint density at radius 1 is 1.04 bits per heavy atom. The minimum atomic E-state index is -1.81. The number of hydrogen-bond acceptors (Lipinski definition) is 3. The summed E-state index contributed by atoms with van der Waals surface area (Å²) in [6.45, 7) is 1.85. The molecule has 28 heavy (non-hydrogen) atoms. The third-order valence-electron chi connectivity index (χ3n) is 4.93. The number of anilines is 2. The van der Waals surface area contributed by atoms with E-state index in [9.17, 15) is 14.7 Å². The predicted molar refractivity (Wildman–Crippen MR) is 109 cm³/mol. The highest BCUT2D eigenvalue weighted by molar-refractivity contribution is 6.31. The zero-order chi connectivity index (χ0) is 19.9. The minimum absolute atomic E-state index is 0.395. The monoisotopic (exact) mass is 392 g/mol. The van der Waals surface area contributed by atoms with E-state index in [2.05, 4.69) is 5.32 Å². The van der Waals surface area contributed by atoms with Crippen molar-refractivity contribution in [1.82, 2.24) is 0 Å². The first-order valence-corrected chi connectivity index (χ1v) is 9.10. The molecule has 3 aromatic carbocycles. The fourth-order valence-corrected chi connectivity index (χ4v) is 3.66. The molecule has 0 bridgehead atoms. The molecule has 0 saturated carbocycles. The summed E-state index contributed by atoms with van der Waals surface area (Å²) in [5.74, 6) is -1.61. The van der Waals surface area contributed by atoms with Crippen LogP contribution in [-0.2, 0) is 10.5 Å². The number of benzene rings is 3. The van der Waals surface area contributed by atoms with Crippen LogP contribution in [0.4, 0.5) is 11.4 Å². The van der Waals surface area contributed by atoms with Gasteiger partial charge in [0.1, 0.15) is 0 Å². The van der Waals surface area contributed by atoms with E-state index in [1.807, 2.05) is 6.92 Å². The first-order valence-electron chi connectivity index (χ1n) is 8.72. The fourth-order valence-electron chi connectivity index (χ4n) is 3.49. The Morgan fingerprint density at radius 3 is 2.39 bits per heavy atom. The summed E-state index contributed by atoms with van der Waals surface area (Å²) < 4.78 is 0. The molecule has 6 heteroatoms. The van der Waals surface area contributed by atoms with E-state index in [-0.39, 0.29) is 0 Å². The van der Waals surface area contributed by atoms with Gasteiger partial charge in [-0.3, -0.25) is 9.69 Å². The van der Waals surface area contributed by atoms with Crippen molar-refractivity contribution in [2.45, 2.75) is 12.6 Å². The maximum Gasteiger partial charge on any atom is 0.356 e. The molecule has 0 saturated heterocycles. The van der Waals surface area contributed by atoms with Gasteiger partial charge in [0, 0.05) is 22.0 Å². The number of nitrogens with one attached hydrogen (secondary N) is 1. The van der Waals surface area contributed by atoms with E-state index in [0.717, 1.165) is 5.56 Å². The lowest BCUT2D eigenvalue weighted by Crippen LogP contribution is -2.62. The van der Waals surface area contributed by atoms with Gasteiger partial charge in [-0.1, -0.05) is 60.1 Å². The van der Waals surface area contributed by atoms with Gasteiger partial charge in [0.15, 0.2) is 0 Å². The number of fused-ring (bicyclic) bond motifs is 1. The molecule has 1 aliphatic rings. The van der Waals surface area contributed by atoms with E-state index in [4.69, 9.17) is 11.6 Å². The molecule has 2 N–H and O–H groups in total. The molecule has 140 valence electrons. The van der Waals surface area contributed by atoms with Crippen LogP contribution in [0.15, 0.2) is 72.8 Å². The van der Waals surface area contributed by atoms with E-state index < -0.39 is 17.5 Å². The number of aryl methyl sites for hydroxylation is 1. The van der Waals surface area contributed by atoms with Crippen molar-refractivity contribution in [2.24, 2.45) is 0 Å². The van der Waals surface area contributed by atoms with Crippen LogP contribution in [0.5, 0.6) is 0 Å². The highest BCUT2D eigenvalue weighted by Gasteiger charge is 2.53. The topological polar surface area (TPSA) is 69.6 Å². The molecule has 3 aromatic rings. The molecule has 0 fully saturated rings. The summed E-state index contributed by atoms with van der Waals surface area (Å²) in [4.78, 5) is 27.4. The lowest BCUT2D eigenvalue weighted by atomic mass is 9.91. The number of nitrogens with zero attached hydrogens (tertiary/aromatic N) is 1. The van der Waals surface area contributed by atoms with Crippen molar-refractivity contribution in [2.75, 3.05) is 10.2 Å². The molecule has 1 atom stereocenters. The van der Waals surface area contributed by atoms with E-state index in [0.29, 0.717) is 27.5 Å². The second-order valence-electron chi connectivity index (χ2n) is 6.63. The lowest BCUT2D eigenvalue weighted by molar-refractivity contribution is -0.142. The average molecular weight is 393 g/mol. The number of aliphatic carboxylic acids is 1. The van der Waals surface area contributed by atoms with Crippen LogP contribution in [-0.4, -0.2) is 17.0 Å². The molecule has 1 heterocycles. The van der Waals surface area contributed by atoms with Gasteiger partial charge >= 0.3 is 5.97 Å². The molecule has 0 spiro atoms. The van der Waals surface area contributed by atoms with Gasteiger partial charge in [-0.25, -0.2) is 4.79 Å². The number of carbonyl (C=O) groups excluding carboxylic acids is 1. The van der Waals surface area contributed by atoms with Crippen LogP contribution >= 0.6 is 11.6 Å². The van der Waals surface area contributed by atoms with Crippen molar-refractivity contribution in [1.29, 1.82) is 0 Å². The molecule has 0 unspecified atom stereocenters. The number of hydrogen-bond donors (Lipinski definition) is 2. The zero-order valence-corrected chi connectivity index (χ0v) is 15.8. The zero-order valence-electron chi connectivity index (χ0n) is 15.0. The Morgan fingerprint density at radius 2 is 1.71 bits per heavy atom. The van der Waals surface area contributed by atoms with Gasteiger partial charge in [0.05, 0.1) is 5.56 Å². The van der Waals surface area contributed by atoms with Crippen LogP contribution in [0.25, 0.3) is 0 Å². The molecular formula is C22H17ClN2O3. The Kier molecular flexibility index (Phi) is 4.32. The van der Waals surface area contributed by atoms with E-state index >= 15 is 0 Å². The van der Waals surface area contributed by atoms with Gasteiger partial charge in [-0.15, -0.1) is 0 Å². The summed E-state index contributed by atoms with van der Waals surface area (Å²) in [5.41, 5.74) is 0.714. The quantitative estimate of drug-likeness (QED) is 0.680. The SMILES string of the molecule is Cc1ccc(N2C(=O)c3ccccc3N[C@@]2(C(=O)O)c2ccccc2)cc1Cl. The second-order valence-corrected chi connectivity index (χ2v) is 7.03. The Bertz CT molecular complexity index is 1080.